The first-order chi connectivity index (χ1) is 13.2. The van der Waals surface area contributed by atoms with Crippen LogP contribution >= 0.6 is 0 Å². The van der Waals surface area contributed by atoms with Gasteiger partial charge in [-0.15, -0.1) is 13.2 Å². The molecule has 3 nitrogen and oxygen atoms in total. The lowest BCUT2D eigenvalue weighted by molar-refractivity contribution is -0.275. The molecule has 0 aromatic heterocycles. The third kappa shape index (κ3) is 6.21. The van der Waals surface area contributed by atoms with E-state index < -0.39 is 23.9 Å². The lowest BCUT2D eigenvalue weighted by Crippen LogP contribution is -2.18. The molecule has 3 rings (SSSR count). The van der Waals surface area contributed by atoms with Crippen LogP contribution in [0.1, 0.15) is 63.3 Å². The van der Waals surface area contributed by atoms with Gasteiger partial charge in [0.1, 0.15) is 5.75 Å². The van der Waals surface area contributed by atoms with E-state index in [1.54, 1.807) is 12.1 Å². The number of ether oxygens (including phenoxy) is 2. The third-order valence-electron chi connectivity index (χ3n) is 4.97. The second-order valence-electron chi connectivity index (χ2n) is 7.11. The highest BCUT2D eigenvalue weighted by molar-refractivity contribution is 5.91. The fourth-order valence-electron chi connectivity index (χ4n) is 3.40. The molecule has 1 fully saturated rings. The van der Waals surface area contributed by atoms with Gasteiger partial charge in [-0.3, -0.25) is 0 Å². The predicted molar refractivity (Wildman–Crippen MR) is 104 cm³/mol. The van der Waals surface area contributed by atoms with Gasteiger partial charge in [0.2, 0.25) is 0 Å². The van der Waals surface area contributed by atoms with Crippen LogP contribution in [-0.4, -0.2) is 12.3 Å². The third-order valence-corrected chi connectivity index (χ3v) is 4.97. The van der Waals surface area contributed by atoms with E-state index in [4.69, 9.17) is 4.74 Å². The van der Waals surface area contributed by atoms with Crippen molar-refractivity contribution in [3.63, 3.8) is 0 Å². The largest absolute Gasteiger partial charge is 0.573 e. The van der Waals surface area contributed by atoms with Gasteiger partial charge >= 0.3 is 12.3 Å². The molecule has 0 N–H and O–H groups in total. The molecule has 0 radical (unpaired) electrons. The average molecular weight is 414 g/mol. The van der Waals surface area contributed by atoms with Crippen LogP contribution in [0, 0.1) is 11.7 Å². The molecular formula is C22H26F4O3. The standard InChI is InChI=1S/C21H20F4O3.CH4.H2/c1-13-2-4-14(5-3-13)15-6-8-16(9-7-15)20(26)27-17-10-11-19(18(22)12-17)28-21(23,24)25;;/h6-14H,2-5H2,1H3;1H4;1H. The molecular weight excluding hydrogens is 388 g/mol. The van der Waals surface area contributed by atoms with Gasteiger partial charge in [-0.1, -0.05) is 39.3 Å². The summed E-state index contributed by atoms with van der Waals surface area (Å²) in [7, 11) is 0. The Morgan fingerprint density at radius 3 is 2.21 bits per heavy atom. The highest BCUT2D eigenvalue weighted by atomic mass is 19.4. The van der Waals surface area contributed by atoms with Crippen LogP contribution in [0.4, 0.5) is 17.6 Å². The minimum atomic E-state index is -5.00. The molecule has 0 saturated heterocycles. The van der Waals surface area contributed by atoms with E-state index in [9.17, 15) is 22.4 Å². The number of carbonyl (C=O) groups is 1. The molecule has 1 aliphatic carbocycles. The van der Waals surface area contributed by atoms with Crippen LogP contribution in [0.15, 0.2) is 42.5 Å². The Labute approximate surface area is 169 Å². The number of hydrogen-bond donors (Lipinski definition) is 0. The second kappa shape index (κ2) is 9.29. The number of esters is 1. The number of rotatable bonds is 4. The molecule has 160 valence electrons. The van der Waals surface area contributed by atoms with Gasteiger partial charge in [0.25, 0.3) is 0 Å². The van der Waals surface area contributed by atoms with Crippen molar-refractivity contribution in [1.29, 1.82) is 0 Å². The Kier molecular flexibility index (Phi) is 7.27. The van der Waals surface area contributed by atoms with E-state index in [0.29, 0.717) is 12.0 Å². The maximum absolute atomic E-state index is 13.7. The number of alkyl halides is 3. The topological polar surface area (TPSA) is 35.5 Å². The summed E-state index contributed by atoms with van der Waals surface area (Å²) in [6.45, 7) is 2.25. The van der Waals surface area contributed by atoms with Crippen molar-refractivity contribution in [3.8, 4) is 11.5 Å². The van der Waals surface area contributed by atoms with Crippen LogP contribution in [0.25, 0.3) is 0 Å². The monoisotopic (exact) mass is 414 g/mol. The summed E-state index contributed by atoms with van der Waals surface area (Å²) in [6.07, 6.45) is -0.382. The SMILES string of the molecule is C.CC1CCC(c2ccc(C(=O)Oc3ccc(OC(F)(F)F)c(F)c3)cc2)CC1.[HH]. The zero-order chi connectivity index (χ0) is 20.3. The van der Waals surface area contributed by atoms with Gasteiger partial charge in [-0.2, -0.15) is 0 Å². The number of hydrogen-bond acceptors (Lipinski definition) is 3. The normalized spacial score (nSPS) is 19.2. The minimum Gasteiger partial charge on any atom is -0.423 e. The lowest BCUT2D eigenvalue weighted by Gasteiger charge is -2.26. The maximum atomic E-state index is 13.7. The predicted octanol–water partition coefficient (Wildman–Crippen LogP) is 7.12. The Balaban J connectivity index is 0.00000225. The highest BCUT2D eigenvalue weighted by Crippen LogP contribution is 2.35. The molecule has 2 aromatic rings. The van der Waals surface area contributed by atoms with E-state index in [-0.39, 0.29) is 20.2 Å². The minimum absolute atomic E-state index is 0. The smallest absolute Gasteiger partial charge is 0.423 e. The molecule has 0 unspecified atom stereocenters. The average Bonchev–Trinajstić information content (AvgIpc) is 2.64. The van der Waals surface area contributed by atoms with Crippen LogP contribution in [0.2, 0.25) is 0 Å². The van der Waals surface area contributed by atoms with Gasteiger partial charge in [0.05, 0.1) is 5.56 Å². The van der Waals surface area contributed by atoms with Gasteiger partial charge in [0, 0.05) is 7.49 Å². The van der Waals surface area contributed by atoms with E-state index in [1.807, 2.05) is 12.1 Å². The van der Waals surface area contributed by atoms with Crippen molar-refractivity contribution >= 4 is 5.97 Å². The second-order valence-corrected chi connectivity index (χ2v) is 7.11. The summed E-state index contributed by atoms with van der Waals surface area (Å²) in [5.41, 5.74) is 1.45. The summed E-state index contributed by atoms with van der Waals surface area (Å²) in [5.74, 6) is -1.95. The summed E-state index contributed by atoms with van der Waals surface area (Å²) in [5, 5.41) is 0. The van der Waals surface area contributed by atoms with Gasteiger partial charge in [-0.05, 0) is 54.5 Å². The highest BCUT2D eigenvalue weighted by Gasteiger charge is 2.32. The molecule has 0 aliphatic heterocycles. The first-order valence-electron chi connectivity index (χ1n) is 9.08. The summed E-state index contributed by atoms with van der Waals surface area (Å²) in [6, 6.07) is 9.55. The molecule has 29 heavy (non-hydrogen) atoms. The summed E-state index contributed by atoms with van der Waals surface area (Å²) >= 11 is 0. The van der Waals surface area contributed by atoms with Crippen LogP contribution in [-0.2, 0) is 0 Å². The molecule has 0 spiro atoms. The summed E-state index contributed by atoms with van der Waals surface area (Å²) in [4.78, 5) is 12.2. The Morgan fingerprint density at radius 2 is 1.66 bits per heavy atom. The lowest BCUT2D eigenvalue weighted by atomic mass is 9.79. The first-order valence-corrected chi connectivity index (χ1v) is 9.08. The Morgan fingerprint density at radius 1 is 1.03 bits per heavy atom. The number of halogens is 4. The van der Waals surface area contributed by atoms with Crippen molar-refractivity contribution in [2.75, 3.05) is 0 Å². The van der Waals surface area contributed by atoms with E-state index in [0.717, 1.165) is 30.9 Å². The molecule has 1 aliphatic rings. The zero-order valence-electron chi connectivity index (χ0n) is 15.3. The first kappa shape index (κ1) is 22.7. The van der Waals surface area contributed by atoms with Crippen molar-refractivity contribution < 1.29 is 33.3 Å². The fourth-order valence-corrected chi connectivity index (χ4v) is 3.40. The molecule has 2 aromatic carbocycles. The Bertz CT molecular complexity index is 829. The fraction of sp³-hybridized carbons (Fsp3) is 0.409. The van der Waals surface area contributed by atoms with Gasteiger partial charge in [-0.25, -0.2) is 9.18 Å². The zero-order valence-corrected chi connectivity index (χ0v) is 15.3. The van der Waals surface area contributed by atoms with Crippen molar-refractivity contribution in [3.05, 3.63) is 59.4 Å². The van der Waals surface area contributed by atoms with Crippen LogP contribution < -0.4 is 9.47 Å². The van der Waals surface area contributed by atoms with Crippen molar-refractivity contribution in [2.24, 2.45) is 5.92 Å². The molecule has 0 amide bonds. The van der Waals surface area contributed by atoms with Gasteiger partial charge < -0.3 is 9.47 Å². The molecule has 1 saturated carbocycles. The molecule has 0 atom stereocenters. The van der Waals surface area contributed by atoms with E-state index in [1.165, 1.54) is 18.4 Å². The van der Waals surface area contributed by atoms with Crippen LogP contribution in [0.5, 0.6) is 11.5 Å². The van der Waals surface area contributed by atoms with Gasteiger partial charge in [0.15, 0.2) is 11.6 Å². The quantitative estimate of drug-likeness (QED) is 0.304. The number of carbonyl (C=O) groups excluding carboxylic acids is 1. The maximum Gasteiger partial charge on any atom is 0.573 e. The van der Waals surface area contributed by atoms with E-state index in [2.05, 4.69) is 11.7 Å². The van der Waals surface area contributed by atoms with Crippen molar-refractivity contribution in [1.82, 2.24) is 0 Å². The van der Waals surface area contributed by atoms with Crippen LogP contribution in [0.3, 0.4) is 0 Å². The Hall–Kier alpha value is -2.57. The molecule has 0 heterocycles. The number of benzene rings is 2. The molecule has 0 bridgehead atoms. The molecule has 7 heteroatoms. The van der Waals surface area contributed by atoms with Crippen molar-refractivity contribution in [2.45, 2.75) is 52.3 Å². The summed E-state index contributed by atoms with van der Waals surface area (Å²) < 4.78 is 58.8. The van der Waals surface area contributed by atoms with E-state index >= 15 is 0 Å².